The SMILES string of the molecule is COC(=O)[C@H](O)[C@H]1[C@]2(C)C[C@]3(O)C4[C@@]5(OC(=O)[C@]42O)C2=CC(=O)O[C@@H](c4ccoc4)[C@]2(C)CCC5[C@]13C. The van der Waals surface area contributed by atoms with E-state index in [1.165, 1.54) is 18.6 Å². The summed E-state index contributed by atoms with van der Waals surface area (Å²) >= 11 is 0. The molecule has 3 heterocycles. The van der Waals surface area contributed by atoms with Gasteiger partial charge in [-0.05, 0) is 30.9 Å². The Morgan fingerprint density at radius 2 is 1.95 bits per heavy atom. The number of ether oxygens (including phenoxy) is 3. The average molecular weight is 515 g/mol. The van der Waals surface area contributed by atoms with Crippen molar-refractivity contribution in [3.63, 3.8) is 0 Å². The minimum absolute atomic E-state index is 0.0106. The van der Waals surface area contributed by atoms with E-state index in [-0.39, 0.29) is 6.42 Å². The lowest BCUT2D eigenvalue weighted by atomic mass is 9.51. The minimum atomic E-state index is -2.19. The molecule has 198 valence electrons. The number of hydrogen-bond acceptors (Lipinski definition) is 10. The molecule has 37 heavy (non-hydrogen) atoms. The maximum Gasteiger partial charge on any atom is 0.340 e. The molecule has 6 aliphatic rings. The minimum Gasteiger partial charge on any atom is -0.472 e. The fourth-order valence-corrected chi connectivity index (χ4v) is 10.5. The Morgan fingerprint density at radius 1 is 1.22 bits per heavy atom. The molecule has 0 amide bonds. The summed E-state index contributed by atoms with van der Waals surface area (Å²) in [5.41, 5.74) is -7.58. The van der Waals surface area contributed by atoms with Gasteiger partial charge in [-0.15, -0.1) is 0 Å². The number of carbonyl (C=O) groups is 3. The molecule has 3 N–H and O–H groups in total. The Morgan fingerprint density at radius 3 is 2.59 bits per heavy atom. The van der Waals surface area contributed by atoms with Gasteiger partial charge in [-0.1, -0.05) is 20.8 Å². The molecule has 7 rings (SSSR count). The topological polar surface area (TPSA) is 153 Å². The Hall–Kier alpha value is -2.69. The fraction of sp³-hybridized carbons (Fsp3) is 0.667. The van der Waals surface area contributed by atoms with E-state index < -0.39 is 80.9 Å². The van der Waals surface area contributed by atoms with Crippen molar-refractivity contribution in [2.24, 2.45) is 34.0 Å². The van der Waals surface area contributed by atoms with Crippen LogP contribution in [-0.2, 0) is 28.6 Å². The van der Waals surface area contributed by atoms with Gasteiger partial charge in [0, 0.05) is 39.7 Å². The number of aliphatic hydroxyl groups is 3. The van der Waals surface area contributed by atoms with Gasteiger partial charge in [0.2, 0.25) is 0 Å². The van der Waals surface area contributed by atoms with Crippen LogP contribution in [0, 0.1) is 34.0 Å². The van der Waals surface area contributed by atoms with Crippen LogP contribution in [0.2, 0.25) is 0 Å². The van der Waals surface area contributed by atoms with E-state index in [0.717, 1.165) is 7.11 Å². The summed E-state index contributed by atoms with van der Waals surface area (Å²) in [5, 5.41) is 36.0. The van der Waals surface area contributed by atoms with Crippen molar-refractivity contribution >= 4 is 17.9 Å². The molecule has 10 nitrogen and oxygen atoms in total. The number of furan rings is 1. The van der Waals surface area contributed by atoms with E-state index in [9.17, 15) is 29.7 Å². The normalized spacial score (nSPS) is 53.2. The molecule has 0 radical (unpaired) electrons. The average Bonchev–Trinajstić information content (AvgIpc) is 3.55. The van der Waals surface area contributed by atoms with Crippen LogP contribution < -0.4 is 0 Å². The number of fused-ring (bicyclic) bond motifs is 4. The first-order valence-electron chi connectivity index (χ1n) is 12.7. The predicted octanol–water partition coefficient (Wildman–Crippen LogP) is 1.19. The van der Waals surface area contributed by atoms with Crippen molar-refractivity contribution in [1.82, 2.24) is 0 Å². The third kappa shape index (κ3) is 2.01. The lowest BCUT2D eigenvalue weighted by Gasteiger charge is -2.56. The van der Waals surface area contributed by atoms with Gasteiger partial charge in [0.15, 0.2) is 11.7 Å². The molecule has 10 heteroatoms. The van der Waals surface area contributed by atoms with Crippen molar-refractivity contribution in [3.05, 3.63) is 35.8 Å². The molecule has 11 atom stereocenters. The van der Waals surface area contributed by atoms with Crippen LogP contribution in [-0.4, -0.2) is 63.2 Å². The zero-order valence-electron chi connectivity index (χ0n) is 21.0. The van der Waals surface area contributed by atoms with Crippen LogP contribution in [0.5, 0.6) is 0 Å². The molecule has 1 aromatic rings. The second-order valence-electron chi connectivity index (χ2n) is 12.6. The van der Waals surface area contributed by atoms with E-state index in [0.29, 0.717) is 24.0 Å². The number of hydrogen-bond donors (Lipinski definition) is 3. The van der Waals surface area contributed by atoms with Gasteiger partial charge in [0.25, 0.3) is 0 Å². The van der Waals surface area contributed by atoms with Gasteiger partial charge in [-0.3, -0.25) is 0 Å². The fourth-order valence-electron chi connectivity index (χ4n) is 10.5. The van der Waals surface area contributed by atoms with Crippen molar-refractivity contribution in [2.75, 3.05) is 7.11 Å². The summed E-state index contributed by atoms with van der Waals surface area (Å²) in [4.78, 5) is 39.4. The number of carbonyl (C=O) groups excluding carboxylic acids is 3. The predicted molar refractivity (Wildman–Crippen MR) is 121 cm³/mol. The summed E-state index contributed by atoms with van der Waals surface area (Å²) < 4.78 is 22.1. The first-order chi connectivity index (χ1) is 17.3. The lowest BCUT2D eigenvalue weighted by Crippen LogP contribution is -2.65. The van der Waals surface area contributed by atoms with Crippen LogP contribution in [0.15, 0.2) is 34.7 Å². The highest BCUT2D eigenvalue weighted by Crippen LogP contribution is 2.89. The van der Waals surface area contributed by atoms with Gasteiger partial charge in [-0.2, -0.15) is 0 Å². The quantitative estimate of drug-likeness (QED) is 0.396. The smallest absolute Gasteiger partial charge is 0.340 e. The van der Waals surface area contributed by atoms with Crippen LogP contribution >= 0.6 is 0 Å². The monoisotopic (exact) mass is 514 g/mol. The highest BCUT2D eigenvalue weighted by molar-refractivity contribution is 5.91. The largest absolute Gasteiger partial charge is 0.472 e. The molecule has 2 bridgehead atoms. The van der Waals surface area contributed by atoms with Crippen molar-refractivity contribution in [3.8, 4) is 0 Å². The van der Waals surface area contributed by atoms with E-state index in [4.69, 9.17) is 18.6 Å². The molecular formula is C27H30O10. The summed E-state index contributed by atoms with van der Waals surface area (Å²) in [6.07, 6.45) is 2.86. The summed E-state index contributed by atoms with van der Waals surface area (Å²) in [6.45, 7) is 5.38. The van der Waals surface area contributed by atoms with Crippen LogP contribution in [0.3, 0.4) is 0 Å². The zero-order valence-corrected chi connectivity index (χ0v) is 21.0. The number of esters is 3. The Bertz CT molecular complexity index is 1300. The third-order valence-corrected chi connectivity index (χ3v) is 11.6. The highest BCUT2D eigenvalue weighted by atomic mass is 16.6. The molecular weight excluding hydrogens is 484 g/mol. The van der Waals surface area contributed by atoms with Gasteiger partial charge in [-0.25, -0.2) is 14.4 Å². The van der Waals surface area contributed by atoms with Crippen molar-refractivity contribution < 1.29 is 48.3 Å². The Balaban J connectivity index is 1.50. The molecule has 2 unspecified atom stereocenters. The highest BCUT2D eigenvalue weighted by Gasteiger charge is 2.99. The lowest BCUT2D eigenvalue weighted by molar-refractivity contribution is -0.219. The zero-order chi connectivity index (χ0) is 26.6. The van der Waals surface area contributed by atoms with Crippen molar-refractivity contribution in [1.29, 1.82) is 0 Å². The second-order valence-corrected chi connectivity index (χ2v) is 12.6. The standard InChI is InChI=1S/C27H30O10/c1-22-7-5-13-24(3)17(16(29)19(30)34-4)23(2)11-25(24,32)20-26(13,37-21(31)27(20,23)33)14(22)9-15(28)36-18(22)12-6-8-35-10-12/h6,8-10,13,16-18,20,29,32-33H,5,7,11H2,1-4H3/t13?,16-,17+,18+,20?,22-,23+,24-,25+,26+,27-/m1/s1. The number of aliphatic hydroxyl groups excluding tert-OH is 1. The molecule has 4 aliphatic carbocycles. The Kier molecular flexibility index (Phi) is 3.99. The van der Waals surface area contributed by atoms with E-state index >= 15 is 0 Å². The van der Waals surface area contributed by atoms with Crippen LogP contribution in [0.4, 0.5) is 0 Å². The van der Waals surface area contributed by atoms with E-state index in [1.54, 1.807) is 13.0 Å². The first-order valence-corrected chi connectivity index (χ1v) is 12.7. The Labute approximate surface area is 212 Å². The first kappa shape index (κ1) is 23.4. The molecule has 5 fully saturated rings. The van der Waals surface area contributed by atoms with Gasteiger partial charge < -0.3 is 33.9 Å². The molecule has 2 aliphatic heterocycles. The molecule has 4 saturated carbocycles. The van der Waals surface area contributed by atoms with Gasteiger partial charge >= 0.3 is 17.9 Å². The van der Waals surface area contributed by atoms with Gasteiger partial charge in [0.1, 0.15) is 11.7 Å². The second kappa shape index (κ2) is 6.30. The van der Waals surface area contributed by atoms with E-state index in [1.807, 2.05) is 13.8 Å². The molecule has 1 saturated heterocycles. The third-order valence-electron chi connectivity index (χ3n) is 11.6. The summed E-state index contributed by atoms with van der Waals surface area (Å²) in [5.74, 6) is -5.10. The van der Waals surface area contributed by atoms with Crippen LogP contribution in [0.25, 0.3) is 0 Å². The van der Waals surface area contributed by atoms with E-state index in [2.05, 4.69) is 0 Å². The maximum absolute atomic E-state index is 13.7. The number of rotatable bonds is 3. The van der Waals surface area contributed by atoms with Crippen LogP contribution in [0.1, 0.15) is 51.7 Å². The van der Waals surface area contributed by atoms with Gasteiger partial charge in [0.05, 0.1) is 31.2 Å². The maximum atomic E-state index is 13.7. The summed E-state index contributed by atoms with van der Waals surface area (Å²) in [6, 6.07) is 1.72. The molecule has 0 aromatic carbocycles. The number of methoxy groups -OCH3 is 1. The summed E-state index contributed by atoms with van der Waals surface area (Å²) in [7, 11) is 1.16. The van der Waals surface area contributed by atoms with Crippen molar-refractivity contribution in [2.45, 2.75) is 69.0 Å². The number of cyclic esters (lactones) is 1. The molecule has 1 aromatic heterocycles. The molecule has 1 spiro atoms.